The number of aliphatic imine (C=N–C) groups is 1. The number of guanidine groups is 1. The summed E-state index contributed by atoms with van der Waals surface area (Å²) < 4.78 is 13.4. The Morgan fingerprint density at radius 1 is 1.50 bits per heavy atom. The molecule has 0 aromatic carbocycles. The van der Waals surface area contributed by atoms with Gasteiger partial charge in [-0.1, -0.05) is 6.07 Å². The monoisotopic (exact) mass is 290 g/mol. The molecule has 0 spiro atoms. The summed E-state index contributed by atoms with van der Waals surface area (Å²) in [5.41, 5.74) is 6.35. The van der Waals surface area contributed by atoms with Crippen LogP contribution in [-0.2, 0) is 12.1 Å². The lowest BCUT2D eigenvalue weighted by molar-refractivity contribution is 0.218. The molecule has 1 aliphatic heterocycles. The molecule has 0 saturated heterocycles. The van der Waals surface area contributed by atoms with Crippen LogP contribution in [0.5, 0.6) is 0 Å². The molecule has 3 heterocycles. The van der Waals surface area contributed by atoms with Crippen LogP contribution >= 0.6 is 11.3 Å². The molecule has 6 heteroatoms. The number of nitrogens with zero attached hydrogens (tertiary/aromatic N) is 3. The molecule has 0 radical (unpaired) electrons. The first-order valence-electron chi connectivity index (χ1n) is 6.30. The summed E-state index contributed by atoms with van der Waals surface area (Å²) in [5.74, 6) is 0.149. The van der Waals surface area contributed by atoms with Crippen LogP contribution < -0.4 is 5.73 Å². The van der Waals surface area contributed by atoms with E-state index >= 15 is 0 Å². The van der Waals surface area contributed by atoms with Gasteiger partial charge >= 0.3 is 0 Å². The van der Waals surface area contributed by atoms with Gasteiger partial charge in [-0.15, -0.1) is 11.3 Å². The Morgan fingerprint density at radius 2 is 2.35 bits per heavy atom. The van der Waals surface area contributed by atoms with E-state index in [1.165, 1.54) is 17.1 Å². The fourth-order valence-electron chi connectivity index (χ4n) is 2.43. The number of aromatic nitrogens is 1. The van der Waals surface area contributed by atoms with Crippen LogP contribution in [0, 0.1) is 5.82 Å². The largest absolute Gasteiger partial charge is 0.370 e. The van der Waals surface area contributed by atoms with Gasteiger partial charge in [0, 0.05) is 16.6 Å². The molecule has 0 saturated carbocycles. The van der Waals surface area contributed by atoms with Crippen molar-refractivity contribution in [2.24, 2.45) is 10.7 Å². The topological polar surface area (TPSA) is 54.5 Å². The number of hydrogen-bond donors (Lipinski definition) is 1. The third kappa shape index (κ3) is 2.16. The molecule has 3 rings (SSSR count). The second-order valence-electron chi connectivity index (χ2n) is 5.01. The summed E-state index contributed by atoms with van der Waals surface area (Å²) in [7, 11) is 0. The van der Waals surface area contributed by atoms with Crippen LogP contribution in [0.4, 0.5) is 4.39 Å². The van der Waals surface area contributed by atoms with Gasteiger partial charge in [-0.3, -0.25) is 9.98 Å². The molecule has 0 bridgehead atoms. The van der Waals surface area contributed by atoms with Gasteiger partial charge in [0.05, 0.1) is 24.8 Å². The van der Waals surface area contributed by atoms with Crippen molar-refractivity contribution in [1.82, 2.24) is 9.88 Å². The van der Waals surface area contributed by atoms with E-state index in [4.69, 9.17) is 5.73 Å². The van der Waals surface area contributed by atoms with E-state index in [9.17, 15) is 4.39 Å². The molecule has 0 amide bonds. The van der Waals surface area contributed by atoms with Crippen molar-refractivity contribution in [2.75, 3.05) is 6.54 Å². The standard InChI is InChI=1S/C14H15FN4S/c1-14(10-5-11(15)7-17-6-10)9-18-13(16)19(14)8-12-3-2-4-20-12/h2-7H,8-9H2,1H3,(H2,16,18). The fraction of sp³-hybridized carbons (Fsp3) is 0.286. The van der Waals surface area contributed by atoms with Crippen LogP contribution in [0.2, 0.25) is 0 Å². The maximum Gasteiger partial charge on any atom is 0.192 e. The highest BCUT2D eigenvalue weighted by Crippen LogP contribution is 2.34. The molecule has 2 N–H and O–H groups in total. The molecule has 4 nitrogen and oxygen atoms in total. The molecule has 1 atom stereocenters. The van der Waals surface area contributed by atoms with E-state index in [1.54, 1.807) is 17.5 Å². The summed E-state index contributed by atoms with van der Waals surface area (Å²) in [5, 5.41) is 2.03. The van der Waals surface area contributed by atoms with E-state index in [0.29, 0.717) is 19.0 Å². The first-order valence-corrected chi connectivity index (χ1v) is 7.18. The molecule has 2 aromatic heterocycles. The van der Waals surface area contributed by atoms with Gasteiger partial charge in [0.1, 0.15) is 5.82 Å². The Labute approximate surface area is 120 Å². The van der Waals surface area contributed by atoms with Gasteiger partial charge < -0.3 is 10.6 Å². The first-order chi connectivity index (χ1) is 9.59. The Bertz CT molecular complexity index is 640. The number of halogens is 1. The molecule has 20 heavy (non-hydrogen) atoms. The lowest BCUT2D eigenvalue weighted by atomic mass is 9.92. The summed E-state index contributed by atoms with van der Waals surface area (Å²) in [6, 6.07) is 5.56. The van der Waals surface area contributed by atoms with Gasteiger partial charge in [-0.2, -0.15) is 0 Å². The number of hydrogen-bond acceptors (Lipinski definition) is 5. The Morgan fingerprint density at radius 3 is 3.05 bits per heavy atom. The van der Waals surface area contributed by atoms with Crippen molar-refractivity contribution in [1.29, 1.82) is 0 Å². The van der Waals surface area contributed by atoms with Crippen molar-refractivity contribution in [3.05, 3.63) is 52.2 Å². The smallest absolute Gasteiger partial charge is 0.192 e. The molecule has 0 fully saturated rings. The number of thiophene rings is 1. The summed E-state index contributed by atoms with van der Waals surface area (Å²) in [6.45, 7) is 3.19. The van der Waals surface area contributed by atoms with Crippen LogP contribution in [-0.4, -0.2) is 22.4 Å². The molecule has 2 aromatic rings. The van der Waals surface area contributed by atoms with Gasteiger partial charge in [0.25, 0.3) is 0 Å². The van der Waals surface area contributed by atoms with Gasteiger partial charge in [-0.05, 0) is 24.4 Å². The van der Waals surface area contributed by atoms with Crippen molar-refractivity contribution >= 4 is 17.3 Å². The Kier molecular flexibility index (Phi) is 3.17. The van der Waals surface area contributed by atoms with E-state index in [0.717, 1.165) is 5.56 Å². The minimum atomic E-state index is -0.455. The van der Waals surface area contributed by atoms with Crippen LogP contribution in [0.3, 0.4) is 0 Å². The van der Waals surface area contributed by atoms with Gasteiger partial charge in [0.15, 0.2) is 5.96 Å². The normalized spacial score (nSPS) is 22.1. The lowest BCUT2D eigenvalue weighted by Crippen LogP contribution is -2.46. The van der Waals surface area contributed by atoms with Gasteiger partial charge in [0.2, 0.25) is 0 Å². The molecule has 0 aliphatic carbocycles. The number of nitrogens with two attached hydrogens (primary N) is 1. The second-order valence-corrected chi connectivity index (χ2v) is 6.04. The molecular weight excluding hydrogens is 275 g/mol. The fourth-order valence-corrected chi connectivity index (χ4v) is 3.12. The first kappa shape index (κ1) is 13.1. The number of rotatable bonds is 3. The summed E-state index contributed by atoms with van der Waals surface area (Å²) in [4.78, 5) is 11.5. The molecular formula is C14H15FN4S. The van der Waals surface area contributed by atoms with Crippen molar-refractivity contribution in [3.8, 4) is 0 Å². The predicted molar refractivity (Wildman–Crippen MR) is 77.9 cm³/mol. The van der Waals surface area contributed by atoms with Crippen molar-refractivity contribution in [3.63, 3.8) is 0 Å². The van der Waals surface area contributed by atoms with E-state index in [1.807, 2.05) is 23.3 Å². The average Bonchev–Trinajstić information content (AvgIpc) is 3.03. The second kappa shape index (κ2) is 4.86. The SMILES string of the molecule is CC1(c2cncc(F)c2)CN=C(N)N1Cc1cccs1. The van der Waals surface area contributed by atoms with Crippen LogP contribution in [0.25, 0.3) is 0 Å². The van der Waals surface area contributed by atoms with Crippen molar-refractivity contribution in [2.45, 2.75) is 19.0 Å². The maximum absolute atomic E-state index is 13.4. The maximum atomic E-state index is 13.4. The zero-order valence-corrected chi connectivity index (χ0v) is 11.9. The Hall–Kier alpha value is -1.95. The lowest BCUT2D eigenvalue weighted by Gasteiger charge is -2.36. The minimum absolute atomic E-state index is 0.342. The third-order valence-corrected chi connectivity index (χ3v) is 4.50. The third-order valence-electron chi connectivity index (χ3n) is 3.64. The van der Waals surface area contributed by atoms with Gasteiger partial charge in [-0.25, -0.2) is 4.39 Å². The highest BCUT2D eigenvalue weighted by Gasteiger charge is 2.40. The minimum Gasteiger partial charge on any atom is -0.370 e. The quantitative estimate of drug-likeness (QED) is 0.944. The highest BCUT2D eigenvalue weighted by molar-refractivity contribution is 7.09. The van der Waals surface area contributed by atoms with Crippen LogP contribution in [0.1, 0.15) is 17.4 Å². The van der Waals surface area contributed by atoms with E-state index < -0.39 is 5.54 Å². The zero-order valence-electron chi connectivity index (χ0n) is 11.1. The Balaban J connectivity index is 1.95. The average molecular weight is 290 g/mol. The molecule has 1 unspecified atom stereocenters. The van der Waals surface area contributed by atoms with Crippen molar-refractivity contribution < 1.29 is 4.39 Å². The van der Waals surface area contributed by atoms with E-state index in [2.05, 4.69) is 16.0 Å². The van der Waals surface area contributed by atoms with E-state index in [-0.39, 0.29) is 5.82 Å². The summed E-state index contributed by atoms with van der Waals surface area (Å²) >= 11 is 1.67. The molecule has 1 aliphatic rings. The predicted octanol–water partition coefficient (Wildman–Crippen LogP) is 2.33. The summed E-state index contributed by atoms with van der Waals surface area (Å²) in [6.07, 6.45) is 2.88. The molecule has 104 valence electrons. The number of pyridine rings is 1. The zero-order chi connectivity index (χ0) is 14.2. The van der Waals surface area contributed by atoms with Crippen LogP contribution in [0.15, 0.2) is 41.0 Å². The highest BCUT2D eigenvalue weighted by atomic mass is 32.1.